The van der Waals surface area contributed by atoms with Crippen LogP contribution in [0.15, 0.2) is 76.7 Å². The standard InChI is InChI=1S/C24H19FN6O2/c1-2-16(29-22-20-18(32)11-12-26-21(20)27-13-28-22)23-30-17-10-6-9-15(25)19(17)24(33)31(23)14-7-4-3-5-8-14/h3-13,16H,2H2,1H3,(H2,26,27,28,29,32)/t16-/m0/s1. The number of anilines is 1. The summed E-state index contributed by atoms with van der Waals surface area (Å²) in [5.74, 6) is 0.0726. The van der Waals surface area contributed by atoms with Crippen molar-refractivity contribution in [3.05, 3.63) is 99.3 Å². The highest BCUT2D eigenvalue weighted by atomic mass is 19.1. The van der Waals surface area contributed by atoms with Gasteiger partial charge in [-0.25, -0.2) is 19.3 Å². The van der Waals surface area contributed by atoms with Gasteiger partial charge in [-0.1, -0.05) is 31.2 Å². The minimum atomic E-state index is -0.629. The lowest BCUT2D eigenvalue weighted by Crippen LogP contribution is -2.29. The van der Waals surface area contributed by atoms with E-state index in [0.29, 0.717) is 34.8 Å². The van der Waals surface area contributed by atoms with E-state index < -0.39 is 17.4 Å². The van der Waals surface area contributed by atoms with Crippen LogP contribution in [0.2, 0.25) is 0 Å². The third-order valence-electron chi connectivity index (χ3n) is 5.47. The van der Waals surface area contributed by atoms with E-state index in [1.807, 2.05) is 13.0 Å². The Labute approximate surface area is 186 Å². The number of hydrogen-bond acceptors (Lipinski definition) is 6. The van der Waals surface area contributed by atoms with E-state index >= 15 is 0 Å². The van der Waals surface area contributed by atoms with Crippen molar-refractivity contribution in [1.29, 1.82) is 0 Å². The summed E-state index contributed by atoms with van der Waals surface area (Å²) in [6, 6.07) is 14.2. The van der Waals surface area contributed by atoms with Crippen LogP contribution in [0.4, 0.5) is 10.2 Å². The molecule has 0 aliphatic rings. The van der Waals surface area contributed by atoms with Crippen LogP contribution in [0.25, 0.3) is 27.6 Å². The van der Waals surface area contributed by atoms with Gasteiger partial charge in [-0.05, 0) is 30.7 Å². The molecule has 8 nitrogen and oxygen atoms in total. The lowest BCUT2D eigenvalue weighted by molar-refractivity contribution is 0.630. The van der Waals surface area contributed by atoms with Gasteiger partial charge in [0.2, 0.25) is 0 Å². The molecule has 2 aromatic carbocycles. The molecule has 0 bridgehead atoms. The Morgan fingerprint density at radius 3 is 2.64 bits per heavy atom. The van der Waals surface area contributed by atoms with Gasteiger partial charge in [-0.2, -0.15) is 0 Å². The SMILES string of the molecule is CC[C@H](Nc1ncnc2[nH]ccc(=O)c12)c1nc2cccc(F)c2c(=O)n1-c1ccccc1. The molecule has 0 amide bonds. The lowest BCUT2D eigenvalue weighted by Gasteiger charge is -2.22. The molecule has 0 saturated carbocycles. The van der Waals surface area contributed by atoms with Crippen LogP contribution in [-0.2, 0) is 0 Å². The monoisotopic (exact) mass is 442 g/mol. The summed E-state index contributed by atoms with van der Waals surface area (Å²) in [5.41, 5.74) is 0.457. The third-order valence-corrected chi connectivity index (χ3v) is 5.47. The second-order valence-electron chi connectivity index (χ2n) is 7.47. The number of H-pyrrole nitrogens is 1. The number of aromatic amines is 1. The van der Waals surface area contributed by atoms with E-state index in [4.69, 9.17) is 0 Å². The minimum Gasteiger partial charge on any atom is -0.359 e. The summed E-state index contributed by atoms with van der Waals surface area (Å²) >= 11 is 0. The van der Waals surface area contributed by atoms with Crippen LogP contribution < -0.4 is 16.3 Å². The topological polar surface area (TPSA) is 106 Å². The Balaban J connectivity index is 1.75. The molecule has 33 heavy (non-hydrogen) atoms. The van der Waals surface area contributed by atoms with Crippen LogP contribution in [-0.4, -0.2) is 24.5 Å². The highest BCUT2D eigenvalue weighted by molar-refractivity contribution is 5.86. The maximum atomic E-state index is 14.6. The highest BCUT2D eigenvalue weighted by Crippen LogP contribution is 2.26. The summed E-state index contributed by atoms with van der Waals surface area (Å²) < 4.78 is 16.0. The molecule has 164 valence electrons. The van der Waals surface area contributed by atoms with Gasteiger partial charge >= 0.3 is 0 Å². The number of pyridine rings is 1. The Kier molecular flexibility index (Phi) is 5.14. The van der Waals surface area contributed by atoms with Crippen molar-refractivity contribution in [2.75, 3.05) is 5.32 Å². The quantitative estimate of drug-likeness (QED) is 0.430. The largest absolute Gasteiger partial charge is 0.359 e. The first-order chi connectivity index (χ1) is 16.1. The predicted molar refractivity (Wildman–Crippen MR) is 124 cm³/mol. The molecule has 1 atom stereocenters. The van der Waals surface area contributed by atoms with E-state index in [0.717, 1.165) is 0 Å². The number of halogens is 1. The normalized spacial score (nSPS) is 12.2. The van der Waals surface area contributed by atoms with Gasteiger partial charge in [0, 0.05) is 12.3 Å². The van der Waals surface area contributed by atoms with Crippen LogP contribution in [0.1, 0.15) is 25.2 Å². The Bertz CT molecular complexity index is 1590. The van der Waals surface area contributed by atoms with Crippen LogP contribution >= 0.6 is 0 Å². The molecule has 3 heterocycles. The molecule has 0 aliphatic carbocycles. The van der Waals surface area contributed by atoms with Crippen molar-refractivity contribution in [3.8, 4) is 5.69 Å². The zero-order chi connectivity index (χ0) is 22.9. The molecule has 5 rings (SSSR count). The van der Waals surface area contributed by atoms with Crippen LogP contribution in [0.5, 0.6) is 0 Å². The number of nitrogens with one attached hydrogen (secondary N) is 2. The van der Waals surface area contributed by atoms with Crippen molar-refractivity contribution < 1.29 is 4.39 Å². The van der Waals surface area contributed by atoms with E-state index in [1.165, 1.54) is 35.3 Å². The molecule has 5 aromatic rings. The summed E-state index contributed by atoms with van der Waals surface area (Å²) in [6.45, 7) is 1.92. The van der Waals surface area contributed by atoms with Crippen molar-refractivity contribution >= 4 is 27.8 Å². The second kappa shape index (κ2) is 8.27. The zero-order valence-electron chi connectivity index (χ0n) is 17.6. The summed E-state index contributed by atoms with van der Waals surface area (Å²) in [6.07, 6.45) is 3.38. The smallest absolute Gasteiger partial charge is 0.269 e. The summed E-state index contributed by atoms with van der Waals surface area (Å²) in [7, 11) is 0. The number of para-hydroxylation sites is 1. The van der Waals surface area contributed by atoms with E-state index in [-0.39, 0.29) is 16.3 Å². The molecule has 3 aromatic heterocycles. The summed E-state index contributed by atoms with van der Waals surface area (Å²) in [5, 5.41) is 3.48. The molecule has 0 spiro atoms. The van der Waals surface area contributed by atoms with Gasteiger partial charge < -0.3 is 10.3 Å². The third kappa shape index (κ3) is 3.53. The maximum absolute atomic E-state index is 14.6. The zero-order valence-corrected chi connectivity index (χ0v) is 17.6. The Morgan fingerprint density at radius 1 is 1.03 bits per heavy atom. The fraction of sp³-hybridized carbons (Fsp3) is 0.125. The summed E-state index contributed by atoms with van der Waals surface area (Å²) in [4.78, 5) is 42.0. The van der Waals surface area contributed by atoms with Gasteiger partial charge in [-0.3, -0.25) is 14.2 Å². The number of hydrogen-bond donors (Lipinski definition) is 2. The molecule has 0 aliphatic heterocycles. The van der Waals surface area contributed by atoms with E-state index in [9.17, 15) is 14.0 Å². The lowest BCUT2D eigenvalue weighted by atomic mass is 10.1. The molecule has 0 radical (unpaired) electrons. The average Bonchev–Trinajstić information content (AvgIpc) is 2.83. The highest BCUT2D eigenvalue weighted by Gasteiger charge is 2.23. The molecular formula is C24H19FN6O2. The first-order valence-corrected chi connectivity index (χ1v) is 10.4. The number of rotatable bonds is 5. The molecule has 0 unspecified atom stereocenters. The minimum absolute atomic E-state index is 0.0797. The fourth-order valence-corrected chi connectivity index (χ4v) is 3.90. The Hall–Kier alpha value is -4.40. The molecule has 0 fully saturated rings. The number of nitrogens with zero attached hydrogens (tertiary/aromatic N) is 4. The molecular weight excluding hydrogens is 423 g/mol. The maximum Gasteiger partial charge on any atom is 0.269 e. The number of aromatic nitrogens is 5. The average molecular weight is 442 g/mol. The predicted octanol–water partition coefficient (Wildman–Crippen LogP) is 3.72. The first-order valence-electron chi connectivity index (χ1n) is 10.4. The van der Waals surface area contributed by atoms with E-state index in [2.05, 4.69) is 25.3 Å². The molecule has 0 saturated heterocycles. The van der Waals surface area contributed by atoms with Crippen molar-refractivity contribution in [3.63, 3.8) is 0 Å². The number of benzene rings is 2. The van der Waals surface area contributed by atoms with Crippen molar-refractivity contribution in [2.24, 2.45) is 0 Å². The molecule has 2 N–H and O–H groups in total. The van der Waals surface area contributed by atoms with Gasteiger partial charge in [0.05, 0.1) is 17.2 Å². The van der Waals surface area contributed by atoms with Crippen LogP contribution in [0, 0.1) is 5.82 Å². The van der Waals surface area contributed by atoms with Crippen molar-refractivity contribution in [2.45, 2.75) is 19.4 Å². The van der Waals surface area contributed by atoms with Crippen LogP contribution in [0.3, 0.4) is 0 Å². The van der Waals surface area contributed by atoms with Gasteiger partial charge in [-0.15, -0.1) is 0 Å². The number of fused-ring (bicyclic) bond motifs is 2. The van der Waals surface area contributed by atoms with E-state index in [1.54, 1.807) is 30.3 Å². The fourth-order valence-electron chi connectivity index (χ4n) is 3.90. The van der Waals surface area contributed by atoms with Gasteiger partial charge in [0.15, 0.2) is 5.43 Å². The second-order valence-corrected chi connectivity index (χ2v) is 7.47. The van der Waals surface area contributed by atoms with Crippen molar-refractivity contribution in [1.82, 2.24) is 24.5 Å². The molecule has 9 heteroatoms. The Morgan fingerprint density at radius 2 is 1.85 bits per heavy atom. The van der Waals surface area contributed by atoms with Gasteiger partial charge in [0.1, 0.15) is 40.2 Å². The van der Waals surface area contributed by atoms with Gasteiger partial charge in [0.25, 0.3) is 5.56 Å². The first kappa shape index (κ1) is 20.5.